The summed E-state index contributed by atoms with van der Waals surface area (Å²) >= 11 is 0. The second kappa shape index (κ2) is 31.3. The number of hydrogen-bond donors (Lipinski definition) is 1. The molecule has 2 heterocycles. The highest BCUT2D eigenvalue weighted by Crippen LogP contribution is 2.22. The molecule has 11 heteroatoms. The minimum atomic E-state index is -0.496. The van der Waals surface area contributed by atoms with Crippen LogP contribution in [0.2, 0.25) is 0 Å². The van der Waals surface area contributed by atoms with Gasteiger partial charge in [0.15, 0.2) is 0 Å². The number of benzene rings is 1. The average molecular weight is 853 g/mol. The van der Waals surface area contributed by atoms with E-state index in [-0.39, 0.29) is 29.7 Å². The molecule has 2 saturated heterocycles. The smallest absolute Gasteiger partial charge is 0.410 e. The maximum atomic E-state index is 12.2. The molecule has 0 radical (unpaired) electrons. The Labute approximate surface area is 379 Å². The van der Waals surface area contributed by atoms with Crippen molar-refractivity contribution >= 4 is 29.3 Å². The van der Waals surface area contributed by atoms with Crippen LogP contribution in [-0.2, 0) is 14.3 Å². The summed E-state index contributed by atoms with van der Waals surface area (Å²) in [5, 5.41) is 14.2. The zero-order valence-corrected chi connectivity index (χ0v) is 37.2. The highest BCUT2D eigenvalue weighted by atomic mass is 16.6. The lowest BCUT2D eigenvalue weighted by molar-refractivity contribution is -0.384. The summed E-state index contributed by atoms with van der Waals surface area (Å²) in [6.45, 7) is 15.2. The van der Waals surface area contributed by atoms with Crippen molar-refractivity contribution in [1.82, 2.24) is 9.80 Å². The van der Waals surface area contributed by atoms with E-state index in [0.717, 1.165) is 31.4 Å². The van der Waals surface area contributed by atoms with Gasteiger partial charge in [-0.1, -0.05) is 12.0 Å². The minimum Gasteiger partial charge on any atom is -0.444 e. The monoisotopic (exact) mass is 852 g/mol. The Balaban J connectivity index is 0.000000495. The van der Waals surface area contributed by atoms with Crippen molar-refractivity contribution in [3.63, 3.8) is 0 Å². The number of terminal acetylenes is 1. The molecule has 1 N–H and O–H groups in total. The van der Waals surface area contributed by atoms with Gasteiger partial charge in [-0.3, -0.25) is 14.9 Å². The summed E-state index contributed by atoms with van der Waals surface area (Å²) in [6.07, 6.45) is 8.66. The van der Waals surface area contributed by atoms with E-state index in [9.17, 15) is 24.5 Å². The zero-order chi connectivity index (χ0) is 47.5. The Morgan fingerprint density at radius 1 is 0.656 bits per heavy atom. The standard InChI is InChI=1S/C25H4.C17H25N3O4.C11H19NO3/c1-3-5-7-9-11-13-15-17-19-21-23-25-24-22-20-18-16-14-12-10-8-6-4-2;1-17(2,3)24-16(21)19-10-5-7-13(9-11-19)18-14-6-4-8-15(12-14)20(22)23;1-11(2,3)15-10(14)12-7-4-5-9(13)6-8-12/h1H,2H3;4,6,8,12-13,18H,5,7,9-11H2,1-3H3;4-8H2,1-3H3. The van der Waals surface area contributed by atoms with Crippen LogP contribution < -0.4 is 5.32 Å². The van der Waals surface area contributed by atoms with Crippen LogP contribution in [0, 0.1) is 153 Å². The van der Waals surface area contributed by atoms with Gasteiger partial charge in [0.05, 0.1) is 4.92 Å². The molecule has 1 aromatic rings. The van der Waals surface area contributed by atoms with E-state index in [4.69, 9.17) is 15.9 Å². The third kappa shape index (κ3) is 28.7. The number of nitrogens with one attached hydrogen (secondary N) is 1. The molecular weight excluding hydrogens is 805 g/mol. The Hall–Kier alpha value is -8.65. The highest BCUT2D eigenvalue weighted by Gasteiger charge is 2.26. The Bertz CT molecular complexity index is 2620. The lowest BCUT2D eigenvalue weighted by Crippen LogP contribution is -2.37. The number of carbonyl (C=O) groups is 3. The summed E-state index contributed by atoms with van der Waals surface area (Å²) < 4.78 is 10.7. The van der Waals surface area contributed by atoms with E-state index in [2.05, 4.69) is 141 Å². The van der Waals surface area contributed by atoms with Gasteiger partial charge in [0.2, 0.25) is 0 Å². The van der Waals surface area contributed by atoms with Gasteiger partial charge in [-0.05, 0) is 175 Å². The van der Waals surface area contributed by atoms with E-state index < -0.39 is 16.1 Å². The van der Waals surface area contributed by atoms with Gasteiger partial charge in [-0.2, -0.15) is 0 Å². The topological polar surface area (TPSA) is 131 Å². The van der Waals surface area contributed by atoms with E-state index in [1.54, 1.807) is 22.8 Å². The molecule has 0 aromatic heterocycles. The van der Waals surface area contributed by atoms with Crippen molar-refractivity contribution < 1.29 is 28.8 Å². The maximum absolute atomic E-state index is 12.2. The number of anilines is 1. The summed E-state index contributed by atoms with van der Waals surface area (Å²) in [4.78, 5) is 48.8. The normalized spacial score (nSPS) is 12.8. The third-order valence-corrected chi connectivity index (χ3v) is 7.45. The molecule has 0 saturated carbocycles. The second-order valence-electron chi connectivity index (χ2n) is 14.9. The highest BCUT2D eigenvalue weighted by molar-refractivity contribution is 5.80. The number of nitrogens with zero attached hydrogens (tertiary/aromatic N) is 3. The van der Waals surface area contributed by atoms with E-state index >= 15 is 0 Å². The number of hydrogen-bond acceptors (Lipinski definition) is 8. The first-order chi connectivity index (χ1) is 30.5. The number of ether oxygens (including phenoxy) is 2. The van der Waals surface area contributed by atoms with E-state index in [1.807, 2.05) is 47.6 Å². The molecule has 322 valence electrons. The van der Waals surface area contributed by atoms with Crippen LogP contribution in [0.3, 0.4) is 0 Å². The van der Waals surface area contributed by atoms with Gasteiger partial charge < -0.3 is 24.6 Å². The number of carbonyl (C=O) groups excluding carboxylic acids is 3. The summed E-state index contributed by atoms with van der Waals surface area (Å²) in [5.41, 5.74) is -0.152. The Kier molecular flexibility index (Phi) is 26.1. The van der Waals surface area contributed by atoms with E-state index in [0.29, 0.717) is 39.0 Å². The fourth-order valence-corrected chi connectivity index (χ4v) is 4.86. The molecule has 1 atom stereocenters. The first kappa shape index (κ1) is 53.4. The molecule has 0 bridgehead atoms. The fourth-order valence-electron chi connectivity index (χ4n) is 4.86. The lowest BCUT2D eigenvalue weighted by Gasteiger charge is -2.26. The first-order valence-electron chi connectivity index (χ1n) is 19.9. The number of rotatable bonds is 3. The molecule has 0 aliphatic carbocycles. The number of Topliss-reactive ketones (excluding diaryl/α,β-unsaturated/α-hetero) is 1. The summed E-state index contributed by atoms with van der Waals surface area (Å²) in [7, 11) is 0. The molecule has 0 spiro atoms. The van der Waals surface area contributed by atoms with Gasteiger partial charge in [0, 0.05) is 98.4 Å². The Morgan fingerprint density at radius 2 is 1.09 bits per heavy atom. The van der Waals surface area contributed by atoms with Crippen molar-refractivity contribution in [2.45, 2.75) is 104 Å². The molecule has 1 unspecified atom stereocenters. The van der Waals surface area contributed by atoms with Gasteiger partial charge >= 0.3 is 12.2 Å². The first-order valence-corrected chi connectivity index (χ1v) is 19.9. The van der Waals surface area contributed by atoms with E-state index in [1.165, 1.54) is 12.1 Å². The van der Waals surface area contributed by atoms with Crippen LogP contribution in [0.5, 0.6) is 0 Å². The number of nitro benzene ring substituents is 1. The fraction of sp³-hybridized carbons (Fsp3) is 0.377. The van der Waals surface area contributed by atoms with Crippen molar-refractivity contribution in [2.75, 3.05) is 31.5 Å². The predicted molar refractivity (Wildman–Crippen MR) is 249 cm³/mol. The lowest BCUT2D eigenvalue weighted by atomic mass is 10.1. The number of likely N-dealkylation sites (tertiary alicyclic amines) is 2. The van der Waals surface area contributed by atoms with Gasteiger partial charge in [-0.15, -0.1) is 6.42 Å². The summed E-state index contributed by atoms with van der Waals surface area (Å²) in [6, 6.07) is 6.69. The van der Waals surface area contributed by atoms with Crippen molar-refractivity contribution in [2.24, 2.45) is 0 Å². The van der Waals surface area contributed by atoms with Crippen LogP contribution in [0.25, 0.3) is 0 Å². The number of non-ortho nitro benzene ring substituents is 1. The van der Waals surface area contributed by atoms with Crippen LogP contribution in [0.4, 0.5) is 21.0 Å². The largest absolute Gasteiger partial charge is 0.444 e. The van der Waals surface area contributed by atoms with Crippen LogP contribution in [0.1, 0.15) is 87.0 Å². The van der Waals surface area contributed by atoms with Gasteiger partial charge in [0.25, 0.3) is 5.69 Å². The van der Waals surface area contributed by atoms with Gasteiger partial charge in [-0.25, -0.2) is 9.59 Å². The van der Waals surface area contributed by atoms with Gasteiger partial charge in [0.1, 0.15) is 17.0 Å². The van der Waals surface area contributed by atoms with Crippen LogP contribution >= 0.6 is 0 Å². The number of nitro groups is 1. The molecule has 3 rings (SSSR count). The quantitative estimate of drug-likeness (QED) is 0.209. The molecule has 2 aliphatic rings. The summed E-state index contributed by atoms with van der Waals surface area (Å²) in [5.74, 6) is 57.1. The van der Waals surface area contributed by atoms with Crippen LogP contribution in [0.15, 0.2) is 24.3 Å². The minimum absolute atomic E-state index is 0.0732. The van der Waals surface area contributed by atoms with Crippen molar-refractivity contribution in [3.8, 4) is 143 Å². The third-order valence-electron chi connectivity index (χ3n) is 7.45. The molecule has 2 amide bonds. The zero-order valence-electron chi connectivity index (χ0n) is 37.2. The second-order valence-corrected chi connectivity index (χ2v) is 14.9. The van der Waals surface area contributed by atoms with Crippen molar-refractivity contribution in [3.05, 3.63) is 34.4 Å². The average Bonchev–Trinajstić information content (AvgIpc) is 3.61. The molecule has 2 fully saturated rings. The Morgan fingerprint density at radius 3 is 1.53 bits per heavy atom. The SMILES string of the molecule is C#CC#CC#CC#CC#CC#CC#CC#CC#CC#CC#CC#CC.CC(C)(C)OC(=O)N1CCCC(=O)CC1.CC(C)(C)OC(=O)N1CCCC(Nc2cccc([N+](=O)[O-])c2)CC1. The molecule has 2 aliphatic heterocycles. The number of amides is 2. The predicted octanol–water partition coefficient (Wildman–Crippen LogP) is 6.45. The molecule has 11 nitrogen and oxygen atoms in total. The number of ketones is 1. The molecule has 64 heavy (non-hydrogen) atoms. The molecular formula is C53H48N4O7. The van der Waals surface area contributed by atoms with Crippen LogP contribution in [-0.4, -0.2) is 76.1 Å². The van der Waals surface area contributed by atoms with Crippen molar-refractivity contribution in [1.29, 1.82) is 0 Å². The maximum Gasteiger partial charge on any atom is 0.410 e. The molecule has 1 aromatic carbocycles.